The Bertz CT molecular complexity index is 724. The number of β-amino-alcohol motifs (C(OH)–C–C–N with tert-alkyl or cyclic N) is 1. The van der Waals surface area contributed by atoms with Crippen molar-refractivity contribution in [3.8, 4) is 11.8 Å². The van der Waals surface area contributed by atoms with Crippen LogP contribution in [0.25, 0.3) is 10.9 Å². The number of aliphatic hydroxyl groups excluding tert-OH is 1. The number of ether oxygens (including phenoxy) is 1. The summed E-state index contributed by atoms with van der Waals surface area (Å²) < 4.78 is 5.51. The number of aromatic nitrogens is 1. The van der Waals surface area contributed by atoms with Crippen LogP contribution < -0.4 is 14.6 Å². The zero-order valence-electron chi connectivity index (χ0n) is 12.7. The van der Waals surface area contributed by atoms with E-state index < -0.39 is 0 Å². The number of piperidine rings is 1. The van der Waals surface area contributed by atoms with Crippen LogP contribution in [0.15, 0.2) is 24.3 Å². The van der Waals surface area contributed by atoms with Crippen LogP contribution in [-0.2, 0) is 0 Å². The van der Waals surface area contributed by atoms with Crippen LogP contribution in [0.1, 0.15) is 25.3 Å². The van der Waals surface area contributed by atoms with Crippen molar-refractivity contribution in [1.29, 1.82) is 5.26 Å². The van der Waals surface area contributed by atoms with E-state index in [1.807, 2.05) is 31.2 Å². The summed E-state index contributed by atoms with van der Waals surface area (Å²) >= 11 is 0. The lowest BCUT2D eigenvalue weighted by atomic mass is 10.1. The highest BCUT2D eigenvalue weighted by molar-refractivity contribution is 5.80. The summed E-state index contributed by atoms with van der Waals surface area (Å²) in [4.78, 5) is 5.40. The van der Waals surface area contributed by atoms with E-state index in [9.17, 15) is 10.4 Å². The number of rotatable bonds is 3. The molecule has 0 aliphatic carbocycles. The normalized spacial score (nSPS) is 18.2. The average molecular weight is 298 g/mol. The number of nitrogens with zero attached hydrogens (tertiary/aromatic N) is 2. The highest BCUT2D eigenvalue weighted by Crippen LogP contribution is 2.25. The van der Waals surface area contributed by atoms with Crippen LogP contribution in [0.4, 0.5) is 5.82 Å². The standard InChI is InChI=1S/C17H19N3O2/c1-2-22-15-5-6-16-12(9-15)8-13(10-18)17(19-16)20-7-3-4-14(21)11-20/h5-6,8-9,14,21H,2-4,7,11H2,1H3/p+1/t14-/m1/s1. The maximum atomic E-state index is 9.86. The molecule has 1 aromatic heterocycles. The number of H-pyrrole nitrogens is 1. The molecule has 1 fully saturated rings. The van der Waals surface area contributed by atoms with E-state index in [2.05, 4.69) is 16.0 Å². The second-order valence-electron chi connectivity index (χ2n) is 5.57. The highest BCUT2D eigenvalue weighted by Gasteiger charge is 2.27. The van der Waals surface area contributed by atoms with Crippen molar-refractivity contribution in [2.75, 3.05) is 24.6 Å². The van der Waals surface area contributed by atoms with Crippen molar-refractivity contribution in [1.82, 2.24) is 0 Å². The van der Waals surface area contributed by atoms with Gasteiger partial charge < -0.3 is 9.84 Å². The number of pyridine rings is 1. The average Bonchev–Trinajstić information content (AvgIpc) is 2.54. The van der Waals surface area contributed by atoms with E-state index in [0.717, 1.165) is 41.9 Å². The molecule has 3 rings (SSSR count). The van der Waals surface area contributed by atoms with Gasteiger partial charge in [-0.3, -0.25) is 4.90 Å². The number of hydrogen-bond donors (Lipinski definition) is 1. The Kier molecular flexibility index (Phi) is 4.12. The van der Waals surface area contributed by atoms with Crippen molar-refractivity contribution in [3.05, 3.63) is 29.8 Å². The molecule has 1 saturated heterocycles. The van der Waals surface area contributed by atoms with Gasteiger partial charge in [0.1, 0.15) is 29.4 Å². The molecule has 1 aliphatic heterocycles. The van der Waals surface area contributed by atoms with Gasteiger partial charge in [-0.1, -0.05) is 0 Å². The van der Waals surface area contributed by atoms with Crippen molar-refractivity contribution in [3.63, 3.8) is 0 Å². The Morgan fingerprint density at radius 2 is 2.32 bits per heavy atom. The number of aromatic amines is 1. The molecule has 2 N–H and O–H groups in total. The Balaban J connectivity index is 2.03. The molecule has 2 heterocycles. The van der Waals surface area contributed by atoms with E-state index >= 15 is 0 Å². The fraction of sp³-hybridized carbons (Fsp3) is 0.412. The van der Waals surface area contributed by atoms with Crippen molar-refractivity contribution < 1.29 is 14.8 Å². The fourth-order valence-corrected chi connectivity index (χ4v) is 2.94. The number of fused-ring (bicyclic) bond motifs is 1. The summed E-state index contributed by atoms with van der Waals surface area (Å²) in [5, 5.41) is 20.3. The molecule has 0 bridgehead atoms. The van der Waals surface area contributed by atoms with Crippen LogP contribution in [-0.4, -0.2) is 30.9 Å². The van der Waals surface area contributed by atoms with Crippen molar-refractivity contribution >= 4 is 16.7 Å². The molecular formula is C17H20N3O2+. The van der Waals surface area contributed by atoms with E-state index in [0.29, 0.717) is 18.7 Å². The zero-order valence-corrected chi connectivity index (χ0v) is 12.7. The molecule has 22 heavy (non-hydrogen) atoms. The number of hydrogen-bond acceptors (Lipinski definition) is 4. The van der Waals surface area contributed by atoms with Crippen molar-refractivity contribution in [2.24, 2.45) is 0 Å². The van der Waals surface area contributed by atoms with Crippen LogP contribution in [0.3, 0.4) is 0 Å². The molecule has 114 valence electrons. The van der Waals surface area contributed by atoms with E-state index in [1.54, 1.807) is 0 Å². The van der Waals surface area contributed by atoms with Crippen LogP contribution in [0.2, 0.25) is 0 Å². The molecule has 5 nitrogen and oxygen atoms in total. The quantitative estimate of drug-likeness (QED) is 0.939. The first kappa shape index (κ1) is 14.6. The van der Waals surface area contributed by atoms with Gasteiger partial charge in [0.2, 0.25) is 0 Å². The van der Waals surface area contributed by atoms with Gasteiger partial charge in [0, 0.05) is 5.39 Å². The first-order valence-corrected chi connectivity index (χ1v) is 7.67. The maximum Gasteiger partial charge on any atom is 0.293 e. The van der Waals surface area contributed by atoms with E-state index in [4.69, 9.17) is 4.74 Å². The lowest BCUT2D eigenvalue weighted by Crippen LogP contribution is -2.41. The number of aliphatic hydroxyl groups is 1. The molecule has 0 radical (unpaired) electrons. The topological polar surface area (TPSA) is 70.6 Å². The Morgan fingerprint density at radius 3 is 3.05 bits per heavy atom. The molecule has 1 atom stereocenters. The molecule has 0 saturated carbocycles. The minimum absolute atomic E-state index is 0.329. The van der Waals surface area contributed by atoms with Gasteiger partial charge in [-0.05, 0) is 44.0 Å². The summed E-state index contributed by atoms with van der Waals surface area (Å²) in [5.74, 6) is 1.59. The van der Waals surface area contributed by atoms with Gasteiger partial charge in [0.15, 0.2) is 0 Å². The summed E-state index contributed by atoms with van der Waals surface area (Å²) in [5.41, 5.74) is 1.55. The largest absolute Gasteiger partial charge is 0.494 e. The number of nitrogens with one attached hydrogen (secondary N) is 1. The third-order valence-electron chi connectivity index (χ3n) is 3.98. The van der Waals surface area contributed by atoms with Gasteiger partial charge in [0.25, 0.3) is 5.82 Å². The predicted octanol–water partition coefficient (Wildman–Crippen LogP) is 1.89. The number of anilines is 1. The number of nitriles is 1. The zero-order chi connectivity index (χ0) is 15.5. The first-order chi connectivity index (χ1) is 10.7. The predicted molar refractivity (Wildman–Crippen MR) is 83.8 cm³/mol. The van der Waals surface area contributed by atoms with Gasteiger partial charge in [-0.2, -0.15) is 5.26 Å². The van der Waals surface area contributed by atoms with Crippen LogP contribution in [0.5, 0.6) is 5.75 Å². The smallest absolute Gasteiger partial charge is 0.293 e. The highest BCUT2D eigenvalue weighted by atomic mass is 16.5. The SMILES string of the molecule is CCOc1ccc2[nH+]c(N3CCC[C@@H](O)C3)c(C#N)cc2c1. The molecule has 5 heteroatoms. The van der Waals surface area contributed by atoms with Gasteiger partial charge in [-0.15, -0.1) is 0 Å². The summed E-state index contributed by atoms with van der Waals surface area (Å²) in [6, 6.07) is 9.95. The molecule has 0 unspecified atom stereocenters. The lowest BCUT2D eigenvalue weighted by Gasteiger charge is -2.25. The Labute approximate surface area is 129 Å². The minimum atomic E-state index is -0.329. The van der Waals surface area contributed by atoms with Crippen LogP contribution >= 0.6 is 0 Å². The van der Waals surface area contributed by atoms with Gasteiger partial charge in [-0.25, -0.2) is 4.98 Å². The molecule has 0 amide bonds. The molecule has 1 aromatic carbocycles. The minimum Gasteiger partial charge on any atom is -0.494 e. The van der Waals surface area contributed by atoms with Gasteiger partial charge >= 0.3 is 0 Å². The maximum absolute atomic E-state index is 9.86. The summed E-state index contributed by atoms with van der Waals surface area (Å²) in [6.45, 7) is 3.98. The monoisotopic (exact) mass is 298 g/mol. The molecule has 1 aliphatic rings. The van der Waals surface area contributed by atoms with Crippen LogP contribution in [0, 0.1) is 11.3 Å². The van der Waals surface area contributed by atoms with Crippen molar-refractivity contribution in [2.45, 2.75) is 25.9 Å². The molecule has 2 aromatic rings. The third kappa shape index (κ3) is 2.83. The molecule has 0 spiro atoms. The van der Waals surface area contributed by atoms with E-state index in [-0.39, 0.29) is 6.10 Å². The molecular weight excluding hydrogens is 278 g/mol. The van der Waals surface area contributed by atoms with Gasteiger partial charge in [0.05, 0.1) is 19.3 Å². The fourth-order valence-electron chi connectivity index (χ4n) is 2.94. The second kappa shape index (κ2) is 6.20. The lowest BCUT2D eigenvalue weighted by molar-refractivity contribution is -0.331. The summed E-state index contributed by atoms with van der Waals surface area (Å²) in [6.07, 6.45) is 1.43. The Hall–Kier alpha value is -2.32. The number of benzene rings is 1. The second-order valence-corrected chi connectivity index (χ2v) is 5.57. The van der Waals surface area contributed by atoms with E-state index in [1.165, 1.54) is 0 Å². The third-order valence-corrected chi connectivity index (χ3v) is 3.98. The summed E-state index contributed by atoms with van der Waals surface area (Å²) in [7, 11) is 0. The first-order valence-electron chi connectivity index (χ1n) is 7.67. The Morgan fingerprint density at radius 1 is 1.45 bits per heavy atom.